The third-order valence-electron chi connectivity index (χ3n) is 4.80. The summed E-state index contributed by atoms with van der Waals surface area (Å²) in [4.78, 5) is 27.9. The minimum atomic E-state index is -4.81. The molecule has 2 aromatic rings. The van der Waals surface area contributed by atoms with Gasteiger partial charge in [-0.1, -0.05) is 29.8 Å². The number of amides is 3. The summed E-state index contributed by atoms with van der Waals surface area (Å²) >= 11 is 6.15. The van der Waals surface area contributed by atoms with E-state index >= 15 is 0 Å². The molecule has 0 saturated carbocycles. The number of carbonyl (C=O) groups excluding carboxylic acids is 2. The Labute approximate surface area is 169 Å². The minimum Gasteiger partial charge on any atom is -0.305 e. The average molecular weight is 422 g/mol. The molecule has 0 radical (unpaired) electrons. The quantitative estimate of drug-likeness (QED) is 0.657. The molecule has 2 aromatic carbocycles. The van der Waals surface area contributed by atoms with E-state index in [0.29, 0.717) is 21.6 Å². The van der Waals surface area contributed by atoms with Crippen molar-refractivity contribution in [3.63, 3.8) is 0 Å². The highest BCUT2D eigenvalue weighted by Crippen LogP contribution is 2.38. The number of rotatable bonds is 3. The molecule has 0 aliphatic carbocycles. The zero-order chi connectivity index (χ0) is 21.6. The topological polar surface area (TPSA) is 64.4 Å². The van der Waals surface area contributed by atoms with Gasteiger partial charge in [0, 0.05) is 11.6 Å². The third-order valence-corrected chi connectivity index (χ3v) is 5.17. The number of nitrogens with zero attached hydrogens (tertiary/aromatic N) is 3. The van der Waals surface area contributed by atoms with E-state index in [4.69, 9.17) is 16.9 Å². The Bertz CT molecular complexity index is 1040. The van der Waals surface area contributed by atoms with Crippen molar-refractivity contribution in [2.24, 2.45) is 0 Å². The van der Waals surface area contributed by atoms with Crippen molar-refractivity contribution in [3.05, 3.63) is 64.2 Å². The predicted octanol–water partition coefficient (Wildman–Crippen LogP) is 4.98. The first-order valence-corrected chi connectivity index (χ1v) is 8.87. The van der Waals surface area contributed by atoms with Crippen molar-refractivity contribution >= 4 is 29.2 Å². The van der Waals surface area contributed by atoms with E-state index in [9.17, 15) is 22.8 Å². The van der Waals surface area contributed by atoms with Gasteiger partial charge in [0.05, 0.1) is 22.9 Å². The fraction of sp³-hybridized carbons (Fsp3) is 0.250. The van der Waals surface area contributed by atoms with Crippen molar-refractivity contribution in [2.75, 3.05) is 4.90 Å². The van der Waals surface area contributed by atoms with Gasteiger partial charge >= 0.3 is 12.2 Å². The van der Waals surface area contributed by atoms with Crippen LogP contribution < -0.4 is 4.90 Å². The fourth-order valence-corrected chi connectivity index (χ4v) is 3.32. The largest absolute Gasteiger partial charge is 0.417 e. The molecule has 0 aromatic heterocycles. The molecule has 1 aliphatic rings. The lowest BCUT2D eigenvalue weighted by Gasteiger charge is -2.28. The molecule has 1 saturated heterocycles. The second-order valence-corrected chi connectivity index (χ2v) is 7.41. The SMILES string of the molecule is CC1(C)C(=O)N(c2ccc(C#N)c(C(F)(F)F)c2)C(=O)N1Cc1ccccc1Cl. The van der Waals surface area contributed by atoms with Crippen molar-refractivity contribution in [1.29, 1.82) is 5.26 Å². The summed E-state index contributed by atoms with van der Waals surface area (Å²) in [6.07, 6.45) is -4.81. The molecule has 0 atom stereocenters. The lowest BCUT2D eigenvalue weighted by Crippen LogP contribution is -2.43. The molecule has 1 heterocycles. The number of alkyl halides is 3. The molecule has 29 heavy (non-hydrogen) atoms. The molecule has 1 fully saturated rings. The van der Waals surface area contributed by atoms with Gasteiger partial charge in [0.2, 0.25) is 0 Å². The summed E-state index contributed by atoms with van der Waals surface area (Å²) in [5.74, 6) is -0.674. The number of urea groups is 1. The van der Waals surface area contributed by atoms with Crippen LogP contribution in [0.25, 0.3) is 0 Å². The first-order valence-electron chi connectivity index (χ1n) is 8.49. The zero-order valence-corrected chi connectivity index (χ0v) is 16.2. The summed E-state index contributed by atoms with van der Waals surface area (Å²) in [7, 11) is 0. The molecule has 0 spiro atoms. The molecule has 0 N–H and O–H groups in total. The van der Waals surface area contributed by atoms with Crippen LogP contribution in [0.1, 0.15) is 30.5 Å². The Morgan fingerprint density at radius 1 is 1.14 bits per heavy atom. The van der Waals surface area contributed by atoms with Crippen LogP contribution in [0.15, 0.2) is 42.5 Å². The molecule has 0 bridgehead atoms. The fourth-order valence-electron chi connectivity index (χ4n) is 3.13. The highest BCUT2D eigenvalue weighted by Gasteiger charge is 2.52. The normalized spacial score (nSPS) is 16.3. The van der Waals surface area contributed by atoms with Crippen LogP contribution >= 0.6 is 11.6 Å². The molecule has 9 heteroatoms. The standard InChI is InChI=1S/C20H15ClF3N3O2/c1-19(2)17(28)27(14-8-7-12(10-25)15(9-14)20(22,23)24)18(29)26(19)11-13-5-3-4-6-16(13)21/h3-9H,11H2,1-2H3. The van der Waals surface area contributed by atoms with E-state index in [0.717, 1.165) is 12.1 Å². The van der Waals surface area contributed by atoms with Crippen LogP contribution in [0.4, 0.5) is 23.7 Å². The van der Waals surface area contributed by atoms with Gasteiger partial charge in [-0.3, -0.25) is 4.79 Å². The maximum atomic E-state index is 13.3. The van der Waals surface area contributed by atoms with Crippen molar-refractivity contribution in [2.45, 2.75) is 32.1 Å². The third kappa shape index (κ3) is 3.54. The van der Waals surface area contributed by atoms with Crippen LogP contribution in [-0.2, 0) is 17.5 Å². The van der Waals surface area contributed by atoms with Crippen LogP contribution in [0.5, 0.6) is 0 Å². The second kappa shape index (κ2) is 7.08. The molecule has 3 rings (SSSR count). The zero-order valence-electron chi connectivity index (χ0n) is 15.4. The Kier molecular flexibility index (Phi) is 5.05. The molecule has 150 valence electrons. The van der Waals surface area contributed by atoms with E-state index in [-0.39, 0.29) is 12.2 Å². The van der Waals surface area contributed by atoms with Gasteiger partial charge in [-0.2, -0.15) is 18.4 Å². The molecule has 0 unspecified atom stereocenters. The van der Waals surface area contributed by atoms with Gasteiger partial charge in [-0.25, -0.2) is 9.69 Å². The molecule has 1 aliphatic heterocycles. The van der Waals surface area contributed by atoms with Crippen LogP contribution in [0.2, 0.25) is 5.02 Å². The van der Waals surface area contributed by atoms with E-state index in [1.165, 1.54) is 24.8 Å². The maximum Gasteiger partial charge on any atom is 0.417 e. The summed E-state index contributed by atoms with van der Waals surface area (Å²) in [5, 5.41) is 9.34. The lowest BCUT2D eigenvalue weighted by atomic mass is 10.0. The number of nitriles is 1. The maximum absolute atomic E-state index is 13.3. The number of anilines is 1. The first-order chi connectivity index (χ1) is 13.5. The molecular formula is C20H15ClF3N3O2. The number of hydrogen-bond donors (Lipinski definition) is 0. The Balaban J connectivity index is 2.04. The van der Waals surface area contributed by atoms with Crippen molar-refractivity contribution in [3.8, 4) is 6.07 Å². The Hall–Kier alpha value is -3.05. The van der Waals surface area contributed by atoms with E-state index in [1.807, 2.05) is 0 Å². The molecular weight excluding hydrogens is 407 g/mol. The van der Waals surface area contributed by atoms with Gasteiger partial charge < -0.3 is 4.90 Å². The number of carbonyl (C=O) groups is 2. The summed E-state index contributed by atoms with van der Waals surface area (Å²) in [5.41, 5.74) is -2.75. The smallest absolute Gasteiger partial charge is 0.305 e. The minimum absolute atomic E-state index is 0.0101. The van der Waals surface area contributed by atoms with Gasteiger partial charge in [0.25, 0.3) is 5.91 Å². The van der Waals surface area contributed by atoms with Crippen molar-refractivity contribution < 1.29 is 22.8 Å². The Morgan fingerprint density at radius 3 is 2.38 bits per heavy atom. The van der Waals surface area contributed by atoms with Gasteiger partial charge in [0.15, 0.2) is 0 Å². The van der Waals surface area contributed by atoms with E-state index < -0.39 is 34.8 Å². The van der Waals surface area contributed by atoms with Gasteiger partial charge in [0.1, 0.15) is 5.54 Å². The summed E-state index contributed by atoms with van der Waals surface area (Å²) in [6, 6.07) is 10.2. The summed E-state index contributed by atoms with van der Waals surface area (Å²) in [6.45, 7) is 3.03. The number of hydrogen-bond acceptors (Lipinski definition) is 3. The van der Waals surface area contributed by atoms with Gasteiger partial charge in [-0.05, 0) is 43.7 Å². The second-order valence-electron chi connectivity index (χ2n) is 7.00. The van der Waals surface area contributed by atoms with Crippen LogP contribution in [-0.4, -0.2) is 22.4 Å². The van der Waals surface area contributed by atoms with E-state index in [2.05, 4.69) is 0 Å². The molecule has 5 nitrogen and oxygen atoms in total. The first kappa shape index (κ1) is 20.7. The van der Waals surface area contributed by atoms with Crippen LogP contribution in [0, 0.1) is 11.3 Å². The summed E-state index contributed by atoms with van der Waals surface area (Å²) < 4.78 is 39.9. The Morgan fingerprint density at radius 2 is 1.79 bits per heavy atom. The number of benzene rings is 2. The predicted molar refractivity (Wildman–Crippen MR) is 100 cm³/mol. The lowest BCUT2D eigenvalue weighted by molar-refractivity contribution is -0.137. The monoisotopic (exact) mass is 421 g/mol. The van der Waals surface area contributed by atoms with Gasteiger partial charge in [-0.15, -0.1) is 0 Å². The van der Waals surface area contributed by atoms with E-state index in [1.54, 1.807) is 24.3 Å². The van der Waals surface area contributed by atoms with Crippen molar-refractivity contribution in [1.82, 2.24) is 4.90 Å². The highest BCUT2D eigenvalue weighted by molar-refractivity contribution is 6.31. The highest BCUT2D eigenvalue weighted by atomic mass is 35.5. The number of halogens is 4. The van der Waals surface area contributed by atoms with Crippen LogP contribution in [0.3, 0.4) is 0 Å². The average Bonchev–Trinajstić information content (AvgIpc) is 2.82. The molecule has 3 amide bonds. The number of imide groups is 1.